The molecule has 1 aromatic heterocycles. The highest BCUT2D eigenvalue weighted by Crippen LogP contribution is 2.36. The second-order valence-corrected chi connectivity index (χ2v) is 7.51. The molecule has 3 aromatic carbocycles. The van der Waals surface area contributed by atoms with Gasteiger partial charge in [-0.25, -0.2) is 9.59 Å². The first-order valence-corrected chi connectivity index (χ1v) is 10.4. The number of carbonyl (C=O) groups excluding carboxylic acids is 2. The Labute approximate surface area is 193 Å². The summed E-state index contributed by atoms with van der Waals surface area (Å²) in [7, 11) is 0. The normalized spacial score (nSPS) is 10.7. The van der Waals surface area contributed by atoms with Gasteiger partial charge in [-0.3, -0.25) is 5.32 Å². The summed E-state index contributed by atoms with van der Waals surface area (Å²) in [6.07, 6.45) is -0.729. The third-order valence-electron chi connectivity index (χ3n) is 4.55. The Morgan fingerprint density at radius 3 is 2.47 bits per heavy atom. The monoisotopic (exact) mass is 469 g/mol. The molecule has 0 saturated carbocycles. The van der Waals surface area contributed by atoms with Crippen LogP contribution in [0.4, 0.5) is 10.5 Å². The van der Waals surface area contributed by atoms with Crippen LogP contribution in [0.5, 0.6) is 5.75 Å². The van der Waals surface area contributed by atoms with Crippen molar-refractivity contribution in [2.45, 2.75) is 6.92 Å². The first-order chi connectivity index (χ1) is 15.5. The van der Waals surface area contributed by atoms with Crippen molar-refractivity contribution >= 4 is 51.9 Å². The first kappa shape index (κ1) is 21.7. The van der Waals surface area contributed by atoms with E-state index >= 15 is 0 Å². The molecule has 1 amide bonds. The Balaban J connectivity index is 1.66. The predicted octanol–water partition coefficient (Wildman–Crippen LogP) is 7.19. The molecule has 0 spiro atoms. The number of anilines is 1. The SMILES string of the molecule is CCOC(=O)c1c(-c2ccccc2)oc2ccc(OC(=O)Nc3ccc(Cl)c(Cl)c3)cc12. The summed E-state index contributed by atoms with van der Waals surface area (Å²) in [4.78, 5) is 25.1. The fraction of sp³-hybridized carbons (Fsp3) is 0.0833. The maximum Gasteiger partial charge on any atom is 0.417 e. The Morgan fingerprint density at radius 1 is 0.969 bits per heavy atom. The van der Waals surface area contributed by atoms with Crippen LogP contribution in [0.25, 0.3) is 22.3 Å². The summed E-state index contributed by atoms with van der Waals surface area (Å²) in [5.41, 5.74) is 1.88. The van der Waals surface area contributed by atoms with Gasteiger partial charge in [-0.05, 0) is 43.3 Å². The van der Waals surface area contributed by atoms with Crippen molar-refractivity contribution in [3.63, 3.8) is 0 Å². The average molecular weight is 470 g/mol. The number of halogens is 2. The van der Waals surface area contributed by atoms with Gasteiger partial charge in [-0.2, -0.15) is 0 Å². The molecule has 0 aliphatic carbocycles. The van der Waals surface area contributed by atoms with Crippen LogP contribution in [0.2, 0.25) is 10.0 Å². The molecule has 8 heteroatoms. The summed E-state index contributed by atoms with van der Waals surface area (Å²) in [5, 5.41) is 3.72. The van der Waals surface area contributed by atoms with Crippen LogP contribution < -0.4 is 10.1 Å². The Morgan fingerprint density at radius 2 is 1.75 bits per heavy atom. The van der Waals surface area contributed by atoms with Gasteiger partial charge in [0, 0.05) is 16.6 Å². The second kappa shape index (κ2) is 9.34. The highest BCUT2D eigenvalue weighted by atomic mass is 35.5. The summed E-state index contributed by atoms with van der Waals surface area (Å²) in [5.74, 6) is 0.0833. The van der Waals surface area contributed by atoms with Crippen LogP contribution in [-0.4, -0.2) is 18.7 Å². The molecule has 0 radical (unpaired) electrons. The lowest BCUT2D eigenvalue weighted by Crippen LogP contribution is -2.16. The molecular weight excluding hydrogens is 453 g/mol. The molecule has 6 nitrogen and oxygen atoms in total. The van der Waals surface area contributed by atoms with E-state index in [0.717, 1.165) is 5.56 Å². The molecule has 0 atom stereocenters. The number of amides is 1. The van der Waals surface area contributed by atoms with Crippen molar-refractivity contribution < 1.29 is 23.5 Å². The summed E-state index contributed by atoms with van der Waals surface area (Å²) < 4.78 is 16.6. The number of furan rings is 1. The third kappa shape index (κ3) is 4.56. The first-order valence-electron chi connectivity index (χ1n) is 9.69. The van der Waals surface area contributed by atoms with Gasteiger partial charge in [-0.1, -0.05) is 53.5 Å². The topological polar surface area (TPSA) is 77.8 Å². The lowest BCUT2D eigenvalue weighted by molar-refractivity contribution is 0.0528. The lowest BCUT2D eigenvalue weighted by atomic mass is 10.1. The van der Waals surface area contributed by atoms with Gasteiger partial charge >= 0.3 is 12.1 Å². The molecule has 0 bridgehead atoms. The number of hydrogen-bond acceptors (Lipinski definition) is 5. The zero-order valence-electron chi connectivity index (χ0n) is 16.9. The molecule has 1 heterocycles. The highest BCUT2D eigenvalue weighted by Gasteiger charge is 2.24. The van der Waals surface area contributed by atoms with Crippen LogP contribution in [0.1, 0.15) is 17.3 Å². The number of nitrogens with one attached hydrogen (secondary N) is 1. The van der Waals surface area contributed by atoms with Crippen molar-refractivity contribution in [2.75, 3.05) is 11.9 Å². The Bertz CT molecular complexity index is 1300. The molecular formula is C24H17Cl2NO5. The molecule has 4 rings (SSSR count). The molecule has 4 aromatic rings. The van der Waals surface area contributed by atoms with E-state index in [2.05, 4.69) is 5.32 Å². The van der Waals surface area contributed by atoms with Crippen LogP contribution >= 0.6 is 23.2 Å². The summed E-state index contributed by atoms with van der Waals surface area (Å²) in [6, 6.07) is 18.7. The number of carbonyl (C=O) groups is 2. The van der Waals surface area contributed by atoms with Crippen LogP contribution in [0, 0.1) is 0 Å². The average Bonchev–Trinajstić information content (AvgIpc) is 3.16. The molecule has 32 heavy (non-hydrogen) atoms. The quantitative estimate of drug-likeness (QED) is 0.312. The molecule has 0 aliphatic rings. The van der Waals surface area contributed by atoms with Crippen molar-refractivity contribution in [2.24, 2.45) is 0 Å². The number of rotatable bonds is 5. The second-order valence-electron chi connectivity index (χ2n) is 6.69. The molecule has 1 N–H and O–H groups in total. The number of benzene rings is 3. The van der Waals surface area contributed by atoms with E-state index in [-0.39, 0.29) is 17.9 Å². The smallest absolute Gasteiger partial charge is 0.417 e. The van der Waals surface area contributed by atoms with Crippen molar-refractivity contribution in [3.8, 4) is 17.1 Å². The zero-order valence-corrected chi connectivity index (χ0v) is 18.4. The van der Waals surface area contributed by atoms with Gasteiger partial charge in [0.05, 0.1) is 16.7 Å². The maximum atomic E-state index is 12.7. The molecule has 0 fully saturated rings. The number of esters is 1. The zero-order chi connectivity index (χ0) is 22.7. The number of fused-ring (bicyclic) bond motifs is 1. The van der Waals surface area contributed by atoms with Crippen molar-refractivity contribution in [1.82, 2.24) is 0 Å². The van der Waals surface area contributed by atoms with Gasteiger partial charge in [-0.15, -0.1) is 0 Å². The summed E-state index contributed by atoms with van der Waals surface area (Å²) in [6.45, 7) is 1.94. The van der Waals surface area contributed by atoms with E-state index in [0.29, 0.717) is 32.5 Å². The van der Waals surface area contributed by atoms with E-state index in [4.69, 9.17) is 37.1 Å². The predicted molar refractivity (Wildman–Crippen MR) is 124 cm³/mol. The van der Waals surface area contributed by atoms with E-state index in [1.54, 1.807) is 37.3 Å². The van der Waals surface area contributed by atoms with Crippen molar-refractivity contribution in [1.29, 1.82) is 0 Å². The molecule has 0 saturated heterocycles. The Hall–Kier alpha value is -3.48. The van der Waals surface area contributed by atoms with Crippen molar-refractivity contribution in [3.05, 3.63) is 82.3 Å². The fourth-order valence-electron chi connectivity index (χ4n) is 3.16. The fourth-order valence-corrected chi connectivity index (χ4v) is 3.46. The van der Waals surface area contributed by atoms with Gasteiger partial charge in [0.15, 0.2) is 0 Å². The van der Waals surface area contributed by atoms with Gasteiger partial charge < -0.3 is 13.9 Å². The van der Waals surface area contributed by atoms with E-state index in [1.807, 2.05) is 30.3 Å². The molecule has 0 unspecified atom stereocenters. The molecule has 0 aliphatic heterocycles. The van der Waals surface area contributed by atoms with E-state index in [9.17, 15) is 9.59 Å². The van der Waals surface area contributed by atoms with E-state index in [1.165, 1.54) is 6.07 Å². The minimum Gasteiger partial charge on any atom is -0.462 e. The lowest BCUT2D eigenvalue weighted by Gasteiger charge is -2.08. The van der Waals surface area contributed by atoms with Crippen LogP contribution in [0.15, 0.2) is 71.1 Å². The minimum atomic E-state index is -0.729. The number of hydrogen-bond donors (Lipinski definition) is 1. The van der Waals surface area contributed by atoms with Gasteiger partial charge in [0.25, 0.3) is 0 Å². The third-order valence-corrected chi connectivity index (χ3v) is 5.29. The number of ether oxygens (including phenoxy) is 2. The Kier molecular flexibility index (Phi) is 6.35. The highest BCUT2D eigenvalue weighted by molar-refractivity contribution is 6.42. The molecule has 162 valence electrons. The van der Waals surface area contributed by atoms with Gasteiger partial charge in [0.1, 0.15) is 22.7 Å². The van der Waals surface area contributed by atoms with Crippen LogP contribution in [-0.2, 0) is 4.74 Å². The van der Waals surface area contributed by atoms with E-state index < -0.39 is 12.1 Å². The minimum absolute atomic E-state index is 0.210. The standard InChI is InChI=1S/C24H17Cl2NO5/c1-2-30-23(28)21-17-13-16(31-24(29)27-15-8-10-18(25)19(26)12-15)9-11-20(17)32-22(21)14-6-4-3-5-7-14/h3-13H,2H2,1H3,(H,27,29). The summed E-state index contributed by atoms with van der Waals surface area (Å²) >= 11 is 11.9. The maximum absolute atomic E-state index is 12.7. The largest absolute Gasteiger partial charge is 0.462 e. The van der Waals surface area contributed by atoms with Crippen LogP contribution in [0.3, 0.4) is 0 Å². The van der Waals surface area contributed by atoms with Gasteiger partial charge in [0.2, 0.25) is 0 Å².